The van der Waals surface area contributed by atoms with Gasteiger partial charge in [-0.05, 0) is 37.1 Å². The Morgan fingerprint density at radius 2 is 1.55 bits per heavy atom. The van der Waals surface area contributed by atoms with Crippen molar-refractivity contribution in [3.63, 3.8) is 0 Å². The first-order valence-electron chi connectivity index (χ1n) is 11.6. The van der Waals surface area contributed by atoms with Crippen LogP contribution < -0.4 is 11.1 Å². The summed E-state index contributed by atoms with van der Waals surface area (Å²) >= 11 is 5.89. The van der Waals surface area contributed by atoms with Crippen LogP contribution in [0.4, 0.5) is 11.4 Å². The standard InChI is InChI=1S/C25H39N3S/c1-3-5-7-9-10-12-15-20(14-11-8-6-4-2)25(29)28-24-21-16-13-19-27-23(21)18-17-22(24)26/h13,16-20H,3-12,14-15,26H2,1-2H3,(H,28,29). The normalized spacial score (nSPS) is 12.2. The van der Waals surface area contributed by atoms with Crippen LogP contribution in [0.25, 0.3) is 10.9 Å². The molecular weight excluding hydrogens is 374 g/mol. The van der Waals surface area contributed by atoms with E-state index in [0.717, 1.165) is 27.3 Å². The number of aromatic nitrogens is 1. The number of nitrogens with one attached hydrogen (secondary N) is 1. The van der Waals surface area contributed by atoms with Crippen molar-refractivity contribution in [3.8, 4) is 0 Å². The number of anilines is 2. The fraction of sp³-hybridized carbons (Fsp3) is 0.600. The van der Waals surface area contributed by atoms with E-state index in [9.17, 15) is 0 Å². The van der Waals surface area contributed by atoms with Gasteiger partial charge in [-0.3, -0.25) is 4.98 Å². The molecule has 0 amide bonds. The number of nitrogens with zero attached hydrogens (tertiary/aromatic N) is 1. The smallest absolute Gasteiger partial charge is 0.0829 e. The molecule has 0 aliphatic carbocycles. The molecule has 1 aromatic heterocycles. The number of hydrogen-bond acceptors (Lipinski definition) is 3. The van der Waals surface area contributed by atoms with Crippen LogP contribution in [0.15, 0.2) is 30.5 Å². The van der Waals surface area contributed by atoms with E-state index < -0.39 is 0 Å². The second-order valence-corrected chi connectivity index (χ2v) is 8.63. The van der Waals surface area contributed by atoms with Crippen molar-refractivity contribution in [1.29, 1.82) is 0 Å². The molecule has 1 unspecified atom stereocenters. The average Bonchev–Trinajstić information content (AvgIpc) is 2.74. The van der Waals surface area contributed by atoms with Crippen LogP contribution in [0.3, 0.4) is 0 Å². The molecule has 1 aromatic carbocycles. The number of fused-ring (bicyclic) bond motifs is 1. The Labute approximate surface area is 182 Å². The first-order valence-corrected chi connectivity index (χ1v) is 12.0. The van der Waals surface area contributed by atoms with E-state index in [1.807, 2.05) is 24.4 Å². The van der Waals surface area contributed by atoms with Gasteiger partial charge in [-0.1, -0.05) is 90.3 Å². The van der Waals surface area contributed by atoms with E-state index in [1.165, 1.54) is 77.0 Å². The molecule has 2 rings (SSSR count). The van der Waals surface area contributed by atoms with Crippen LogP contribution in [0.2, 0.25) is 0 Å². The molecule has 1 heterocycles. The van der Waals surface area contributed by atoms with Crippen molar-refractivity contribution in [1.82, 2.24) is 4.98 Å². The maximum absolute atomic E-state index is 6.29. The molecule has 0 saturated carbocycles. The molecule has 3 N–H and O–H groups in total. The van der Waals surface area contributed by atoms with Gasteiger partial charge in [0.2, 0.25) is 0 Å². The molecular formula is C25H39N3S. The second-order valence-electron chi connectivity index (χ2n) is 8.19. The molecule has 2 aromatic rings. The summed E-state index contributed by atoms with van der Waals surface area (Å²) < 4.78 is 0. The van der Waals surface area contributed by atoms with Crippen LogP contribution >= 0.6 is 12.2 Å². The molecule has 0 spiro atoms. The highest BCUT2D eigenvalue weighted by atomic mass is 32.1. The summed E-state index contributed by atoms with van der Waals surface area (Å²) in [6.07, 6.45) is 17.2. The molecule has 0 radical (unpaired) electrons. The number of thiocarbonyl (C=S) groups is 1. The summed E-state index contributed by atoms with van der Waals surface area (Å²) in [5, 5.41) is 4.56. The number of rotatable bonds is 14. The predicted molar refractivity (Wildman–Crippen MR) is 133 cm³/mol. The maximum atomic E-state index is 6.29. The summed E-state index contributed by atoms with van der Waals surface area (Å²) in [7, 11) is 0. The van der Waals surface area contributed by atoms with Crippen LogP contribution in [0.1, 0.15) is 90.9 Å². The van der Waals surface area contributed by atoms with Crippen LogP contribution in [-0.2, 0) is 0 Å². The molecule has 0 saturated heterocycles. The zero-order valence-corrected chi connectivity index (χ0v) is 19.2. The summed E-state index contributed by atoms with van der Waals surface area (Å²) in [5.41, 5.74) is 8.89. The van der Waals surface area contributed by atoms with Gasteiger partial charge < -0.3 is 11.1 Å². The van der Waals surface area contributed by atoms with Gasteiger partial charge in [0.05, 0.1) is 21.9 Å². The molecule has 3 nitrogen and oxygen atoms in total. The first kappa shape index (κ1) is 23.6. The topological polar surface area (TPSA) is 50.9 Å². The Bertz CT molecular complexity index is 744. The monoisotopic (exact) mass is 413 g/mol. The Hall–Kier alpha value is -1.68. The third kappa shape index (κ3) is 7.93. The van der Waals surface area contributed by atoms with Gasteiger partial charge in [0.15, 0.2) is 0 Å². The minimum atomic E-state index is 0.430. The van der Waals surface area contributed by atoms with Crippen molar-refractivity contribution in [2.24, 2.45) is 5.92 Å². The van der Waals surface area contributed by atoms with Crippen molar-refractivity contribution in [2.75, 3.05) is 11.1 Å². The van der Waals surface area contributed by atoms with Crippen LogP contribution in [0.5, 0.6) is 0 Å². The second kappa shape index (κ2) is 13.5. The van der Waals surface area contributed by atoms with Gasteiger partial charge >= 0.3 is 0 Å². The lowest BCUT2D eigenvalue weighted by atomic mass is 9.93. The summed E-state index contributed by atoms with van der Waals surface area (Å²) in [6, 6.07) is 7.91. The van der Waals surface area contributed by atoms with Crippen molar-refractivity contribution in [3.05, 3.63) is 30.5 Å². The fourth-order valence-electron chi connectivity index (χ4n) is 3.93. The predicted octanol–water partition coefficient (Wildman–Crippen LogP) is 7.89. The molecule has 0 aliphatic heterocycles. The van der Waals surface area contributed by atoms with Crippen molar-refractivity contribution < 1.29 is 0 Å². The van der Waals surface area contributed by atoms with Crippen molar-refractivity contribution in [2.45, 2.75) is 90.9 Å². The third-order valence-corrected chi connectivity index (χ3v) is 6.18. The minimum Gasteiger partial charge on any atom is -0.397 e. The Morgan fingerprint density at radius 1 is 0.931 bits per heavy atom. The third-order valence-electron chi connectivity index (χ3n) is 5.75. The number of nitrogen functional groups attached to an aromatic ring is 1. The highest BCUT2D eigenvalue weighted by molar-refractivity contribution is 7.80. The van der Waals surface area contributed by atoms with E-state index in [0.29, 0.717) is 5.92 Å². The molecule has 0 aliphatic rings. The molecule has 29 heavy (non-hydrogen) atoms. The SMILES string of the molecule is CCCCCCCCC(CCCCCC)C(=S)Nc1c(N)ccc2ncccc12. The van der Waals surface area contributed by atoms with E-state index >= 15 is 0 Å². The van der Waals surface area contributed by atoms with Gasteiger partial charge in [-0.25, -0.2) is 0 Å². The van der Waals surface area contributed by atoms with Gasteiger partial charge in [-0.15, -0.1) is 0 Å². The lowest BCUT2D eigenvalue weighted by molar-refractivity contribution is 0.491. The number of unbranched alkanes of at least 4 members (excludes halogenated alkanes) is 8. The van der Waals surface area contributed by atoms with Gasteiger partial charge in [0.25, 0.3) is 0 Å². The molecule has 0 fully saturated rings. The fourth-order valence-corrected chi connectivity index (χ4v) is 4.27. The zero-order valence-electron chi connectivity index (χ0n) is 18.4. The summed E-state index contributed by atoms with van der Waals surface area (Å²) in [5.74, 6) is 0.430. The zero-order chi connectivity index (χ0) is 20.9. The van der Waals surface area contributed by atoms with Gasteiger partial charge in [-0.2, -0.15) is 0 Å². The molecule has 0 bridgehead atoms. The Morgan fingerprint density at radius 3 is 2.24 bits per heavy atom. The highest BCUT2D eigenvalue weighted by Crippen LogP contribution is 2.30. The molecule has 160 valence electrons. The van der Waals surface area contributed by atoms with E-state index in [4.69, 9.17) is 18.0 Å². The van der Waals surface area contributed by atoms with E-state index in [2.05, 4.69) is 30.2 Å². The Kier molecular flexibility index (Phi) is 11.0. The van der Waals surface area contributed by atoms with Crippen LogP contribution in [0, 0.1) is 5.92 Å². The molecule has 1 atom stereocenters. The number of hydrogen-bond donors (Lipinski definition) is 2. The number of pyridine rings is 1. The van der Waals surface area contributed by atoms with Crippen LogP contribution in [-0.4, -0.2) is 9.97 Å². The first-order chi connectivity index (χ1) is 14.2. The number of benzene rings is 1. The lowest BCUT2D eigenvalue weighted by Crippen LogP contribution is -2.22. The van der Waals surface area contributed by atoms with E-state index in [1.54, 1.807) is 0 Å². The maximum Gasteiger partial charge on any atom is 0.0829 e. The number of nitrogens with two attached hydrogens (primary N) is 1. The highest BCUT2D eigenvalue weighted by Gasteiger charge is 2.17. The lowest BCUT2D eigenvalue weighted by Gasteiger charge is -2.21. The van der Waals surface area contributed by atoms with Gasteiger partial charge in [0, 0.05) is 17.5 Å². The molecule has 4 heteroatoms. The summed E-state index contributed by atoms with van der Waals surface area (Å²) in [4.78, 5) is 5.39. The minimum absolute atomic E-state index is 0.430. The quantitative estimate of drug-likeness (QED) is 0.188. The van der Waals surface area contributed by atoms with E-state index in [-0.39, 0.29) is 0 Å². The Balaban J connectivity index is 2.01. The largest absolute Gasteiger partial charge is 0.397 e. The summed E-state index contributed by atoms with van der Waals surface area (Å²) in [6.45, 7) is 4.53. The average molecular weight is 414 g/mol. The van der Waals surface area contributed by atoms with Gasteiger partial charge in [0.1, 0.15) is 0 Å². The van der Waals surface area contributed by atoms with Crippen molar-refractivity contribution >= 4 is 39.5 Å².